The number of hydrogen-bond donors (Lipinski definition) is 2. The number of pyridine rings is 1. The van der Waals surface area contributed by atoms with Crippen LogP contribution in [0, 0.1) is 19.7 Å². The molecule has 1 aromatic heterocycles. The van der Waals surface area contributed by atoms with Crippen molar-refractivity contribution in [1.29, 1.82) is 0 Å². The van der Waals surface area contributed by atoms with Crippen molar-refractivity contribution in [3.63, 3.8) is 0 Å². The predicted molar refractivity (Wildman–Crippen MR) is 147 cm³/mol. The van der Waals surface area contributed by atoms with Crippen molar-refractivity contribution in [2.45, 2.75) is 33.9 Å². The van der Waals surface area contributed by atoms with Crippen LogP contribution in [-0.4, -0.2) is 47.1 Å². The number of ether oxygens (including phenoxy) is 1. The minimum atomic E-state index is -0.607. The maximum Gasteiger partial charge on any atom is 0.315 e. The molecular formula is C27H31BrFN5O4. The highest BCUT2D eigenvalue weighted by molar-refractivity contribution is 9.10. The summed E-state index contributed by atoms with van der Waals surface area (Å²) in [5.41, 5.74) is 11.3. The standard InChI is InChI=1S/C27H31BrFN5O4/c1-6-33(27(30)37)14-20-12-21(29)10-9-19(20)15-38-23-11-17(3)34(26(36)24(23)28)22-13-18(8-7-16(22)2)25(35)31-32(4)5/h7-13H,6,14-15H2,1-5H3,(H2,30,37)(H,31,35). The van der Waals surface area contributed by atoms with E-state index in [4.69, 9.17) is 10.5 Å². The number of hydrogen-bond acceptors (Lipinski definition) is 5. The maximum absolute atomic E-state index is 14.0. The Kier molecular flexibility index (Phi) is 9.29. The van der Waals surface area contributed by atoms with Crippen LogP contribution in [0.3, 0.4) is 0 Å². The van der Waals surface area contributed by atoms with E-state index in [1.165, 1.54) is 21.6 Å². The summed E-state index contributed by atoms with van der Waals surface area (Å²) in [5.74, 6) is -0.435. The fourth-order valence-electron chi connectivity index (χ4n) is 3.93. The SMILES string of the molecule is CCN(Cc1cc(F)ccc1COc1cc(C)n(-c2cc(C(=O)NN(C)C)ccc2C)c(=O)c1Br)C(N)=O. The lowest BCUT2D eigenvalue weighted by Crippen LogP contribution is -2.36. The van der Waals surface area contributed by atoms with Gasteiger partial charge in [0.25, 0.3) is 11.5 Å². The number of urea groups is 1. The van der Waals surface area contributed by atoms with Crippen LogP contribution in [0.25, 0.3) is 5.69 Å². The molecule has 0 aliphatic carbocycles. The maximum atomic E-state index is 14.0. The minimum absolute atomic E-state index is 0.0344. The molecule has 3 amide bonds. The molecule has 0 aliphatic rings. The Morgan fingerprint density at radius 3 is 2.45 bits per heavy atom. The lowest BCUT2D eigenvalue weighted by atomic mass is 10.1. The smallest absolute Gasteiger partial charge is 0.315 e. The zero-order chi connectivity index (χ0) is 28.1. The largest absolute Gasteiger partial charge is 0.487 e. The molecule has 0 aliphatic heterocycles. The van der Waals surface area contributed by atoms with E-state index in [2.05, 4.69) is 21.4 Å². The number of carbonyl (C=O) groups excluding carboxylic acids is 2. The molecule has 3 rings (SSSR count). The lowest BCUT2D eigenvalue weighted by molar-refractivity contribution is 0.0857. The van der Waals surface area contributed by atoms with Crippen LogP contribution >= 0.6 is 15.9 Å². The molecule has 2 aromatic carbocycles. The fraction of sp³-hybridized carbons (Fsp3) is 0.296. The highest BCUT2D eigenvalue weighted by Crippen LogP contribution is 2.27. The molecule has 0 atom stereocenters. The molecule has 202 valence electrons. The molecule has 3 aromatic rings. The minimum Gasteiger partial charge on any atom is -0.487 e. The molecule has 9 nitrogen and oxygen atoms in total. The van der Waals surface area contributed by atoms with E-state index in [-0.39, 0.29) is 29.1 Å². The zero-order valence-electron chi connectivity index (χ0n) is 22.0. The van der Waals surface area contributed by atoms with Gasteiger partial charge in [-0.25, -0.2) is 14.2 Å². The van der Waals surface area contributed by atoms with Gasteiger partial charge in [0.1, 0.15) is 22.6 Å². The van der Waals surface area contributed by atoms with Crippen molar-refractivity contribution in [3.05, 3.63) is 91.1 Å². The number of amides is 3. The first-order chi connectivity index (χ1) is 17.9. The first kappa shape index (κ1) is 28.9. The zero-order valence-corrected chi connectivity index (χ0v) is 23.6. The van der Waals surface area contributed by atoms with Crippen LogP contribution in [0.4, 0.5) is 9.18 Å². The number of rotatable bonds is 9. The van der Waals surface area contributed by atoms with Crippen molar-refractivity contribution in [1.82, 2.24) is 19.9 Å². The van der Waals surface area contributed by atoms with Gasteiger partial charge in [-0.15, -0.1) is 0 Å². The average Bonchev–Trinajstić information content (AvgIpc) is 2.85. The van der Waals surface area contributed by atoms with Gasteiger partial charge < -0.3 is 15.4 Å². The van der Waals surface area contributed by atoms with Crippen molar-refractivity contribution in [2.75, 3.05) is 20.6 Å². The van der Waals surface area contributed by atoms with Gasteiger partial charge in [-0.2, -0.15) is 0 Å². The third-order valence-corrected chi connectivity index (χ3v) is 6.67. The Morgan fingerprint density at radius 2 is 1.82 bits per heavy atom. The molecular weight excluding hydrogens is 557 g/mol. The van der Waals surface area contributed by atoms with Crippen LogP contribution in [-0.2, 0) is 13.2 Å². The van der Waals surface area contributed by atoms with E-state index < -0.39 is 11.8 Å². The van der Waals surface area contributed by atoms with E-state index >= 15 is 0 Å². The number of aromatic nitrogens is 1. The number of nitrogens with two attached hydrogens (primary N) is 1. The number of primary amides is 1. The Hall–Kier alpha value is -3.70. The molecule has 0 radical (unpaired) electrons. The fourth-order valence-corrected chi connectivity index (χ4v) is 4.34. The summed E-state index contributed by atoms with van der Waals surface area (Å²) >= 11 is 3.37. The van der Waals surface area contributed by atoms with Gasteiger partial charge in [-0.3, -0.25) is 19.6 Å². The Labute approximate surface area is 229 Å². The molecule has 0 spiro atoms. The highest BCUT2D eigenvalue weighted by atomic mass is 79.9. The van der Waals surface area contributed by atoms with E-state index in [1.807, 2.05) is 6.92 Å². The second-order valence-electron chi connectivity index (χ2n) is 9.00. The number of halogens is 2. The number of carbonyl (C=O) groups is 2. The van der Waals surface area contributed by atoms with Crippen molar-refractivity contribution >= 4 is 27.9 Å². The molecule has 0 saturated heterocycles. The number of hydrazine groups is 1. The monoisotopic (exact) mass is 587 g/mol. The van der Waals surface area contributed by atoms with Crippen LogP contribution in [0.15, 0.2) is 51.7 Å². The van der Waals surface area contributed by atoms with Crippen LogP contribution in [0.2, 0.25) is 0 Å². The van der Waals surface area contributed by atoms with Gasteiger partial charge in [-0.1, -0.05) is 12.1 Å². The van der Waals surface area contributed by atoms with Crippen molar-refractivity contribution < 1.29 is 18.7 Å². The Balaban J connectivity index is 1.94. The molecule has 0 saturated carbocycles. The molecule has 3 N–H and O–H groups in total. The summed E-state index contributed by atoms with van der Waals surface area (Å²) in [5, 5.41) is 1.54. The second kappa shape index (κ2) is 12.2. The Morgan fingerprint density at radius 1 is 1.11 bits per heavy atom. The van der Waals surface area contributed by atoms with Gasteiger partial charge in [0.2, 0.25) is 0 Å². The number of nitrogens with one attached hydrogen (secondary N) is 1. The van der Waals surface area contributed by atoms with E-state index in [1.54, 1.807) is 63.3 Å². The van der Waals surface area contributed by atoms with Gasteiger partial charge in [0, 0.05) is 44.5 Å². The first-order valence-corrected chi connectivity index (χ1v) is 12.7. The van der Waals surface area contributed by atoms with E-state index in [0.29, 0.717) is 40.4 Å². The number of benzene rings is 2. The van der Waals surface area contributed by atoms with E-state index in [9.17, 15) is 18.8 Å². The second-order valence-corrected chi connectivity index (χ2v) is 9.79. The Bertz CT molecular complexity index is 1420. The number of aryl methyl sites for hydroxylation is 2. The van der Waals surface area contributed by atoms with Crippen molar-refractivity contribution in [3.8, 4) is 11.4 Å². The molecule has 0 unspecified atom stereocenters. The normalized spacial score (nSPS) is 10.9. The third-order valence-electron chi connectivity index (χ3n) is 5.94. The first-order valence-electron chi connectivity index (χ1n) is 11.9. The molecule has 0 fully saturated rings. The number of nitrogens with zero attached hydrogens (tertiary/aromatic N) is 3. The summed E-state index contributed by atoms with van der Waals surface area (Å²) in [6, 6.07) is 10.5. The molecule has 11 heteroatoms. The van der Waals surface area contributed by atoms with Crippen molar-refractivity contribution in [2.24, 2.45) is 5.73 Å². The molecule has 38 heavy (non-hydrogen) atoms. The van der Waals surface area contributed by atoms with Gasteiger partial charge in [-0.05, 0) is 77.7 Å². The summed E-state index contributed by atoms with van der Waals surface area (Å²) in [6.07, 6.45) is 0. The lowest BCUT2D eigenvalue weighted by Gasteiger charge is -2.21. The quantitative estimate of drug-likeness (QED) is 0.367. The van der Waals surface area contributed by atoms with Gasteiger partial charge in [0.05, 0.1) is 5.69 Å². The highest BCUT2D eigenvalue weighted by Gasteiger charge is 2.18. The summed E-state index contributed by atoms with van der Waals surface area (Å²) in [4.78, 5) is 39.0. The van der Waals surface area contributed by atoms with Crippen LogP contribution < -0.4 is 21.5 Å². The summed E-state index contributed by atoms with van der Waals surface area (Å²) in [6.45, 7) is 5.93. The summed E-state index contributed by atoms with van der Waals surface area (Å²) in [7, 11) is 3.42. The molecule has 1 heterocycles. The third kappa shape index (κ3) is 6.59. The van der Waals surface area contributed by atoms with Crippen LogP contribution in [0.1, 0.15) is 39.7 Å². The van der Waals surface area contributed by atoms with Crippen LogP contribution in [0.5, 0.6) is 5.75 Å². The predicted octanol–water partition coefficient (Wildman–Crippen LogP) is 4.04. The van der Waals surface area contributed by atoms with Gasteiger partial charge in [0.15, 0.2) is 0 Å². The van der Waals surface area contributed by atoms with E-state index in [0.717, 1.165) is 5.56 Å². The molecule has 0 bridgehead atoms. The summed E-state index contributed by atoms with van der Waals surface area (Å²) < 4.78 is 21.6. The average molecular weight is 588 g/mol. The topological polar surface area (TPSA) is 110 Å². The van der Waals surface area contributed by atoms with Gasteiger partial charge >= 0.3 is 6.03 Å².